The summed E-state index contributed by atoms with van der Waals surface area (Å²) < 4.78 is 4.80. The van der Waals surface area contributed by atoms with Crippen molar-refractivity contribution in [2.75, 3.05) is 26.8 Å². The Labute approximate surface area is 85.9 Å². The molecule has 1 N–H and O–H groups in total. The Hall–Kier alpha value is -0.610. The van der Waals surface area contributed by atoms with Gasteiger partial charge in [0.2, 0.25) is 0 Å². The van der Waals surface area contributed by atoms with Crippen molar-refractivity contribution in [1.29, 1.82) is 0 Å². The molecule has 4 heteroatoms. The van der Waals surface area contributed by atoms with E-state index in [9.17, 15) is 4.79 Å². The topological polar surface area (TPSA) is 49.8 Å². The Kier molecular flexibility index (Phi) is 7.42. The maximum Gasteiger partial charge on any atom is 0.305 e. The SMILES string of the molecule is CCOC(=O)CCCN(C)C(C)CO. The summed E-state index contributed by atoms with van der Waals surface area (Å²) in [4.78, 5) is 13.0. The highest BCUT2D eigenvalue weighted by atomic mass is 16.5. The maximum atomic E-state index is 11.0. The number of ether oxygens (including phenoxy) is 1. The van der Waals surface area contributed by atoms with Crippen LogP contribution in [0.4, 0.5) is 0 Å². The third-order valence-electron chi connectivity index (χ3n) is 2.21. The molecule has 0 saturated carbocycles. The van der Waals surface area contributed by atoms with Gasteiger partial charge in [-0.25, -0.2) is 0 Å². The van der Waals surface area contributed by atoms with E-state index in [2.05, 4.69) is 0 Å². The van der Waals surface area contributed by atoms with Gasteiger partial charge in [0.15, 0.2) is 0 Å². The van der Waals surface area contributed by atoms with Crippen LogP contribution in [0.15, 0.2) is 0 Å². The molecule has 4 nitrogen and oxygen atoms in total. The predicted molar refractivity (Wildman–Crippen MR) is 55.0 cm³/mol. The molecule has 0 aliphatic rings. The Morgan fingerprint density at radius 2 is 2.21 bits per heavy atom. The van der Waals surface area contributed by atoms with E-state index in [0.29, 0.717) is 13.0 Å². The van der Waals surface area contributed by atoms with Crippen LogP contribution in [0.5, 0.6) is 0 Å². The smallest absolute Gasteiger partial charge is 0.305 e. The minimum absolute atomic E-state index is 0.141. The van der Waals surface area contributed by atoms with Gasteiger partial charge in [0.1, 0.15) is 0 Å². The number of hydrogen-bond acceptors (Lipinski definition) is 4. The molecule has 0 aromatic carbocycles. The number of aliphatic hydroxyl groups excluding tert-OH is 1. The van der Waals surface area contributed by atoms with E-state index in [0.717, 1.165) is 13.0 Å². The van der Waals surface area contributed by atoms with Crippen LogP contribution < -0.4 is 0 Å². The molecule has 0 aliphatic carbocycles. The molecule has 84 valence electrons. The second-order valence-electron chi connectivity index (χ2n) is 3.42. The predicted octanol–water partition coefficient (Wildman–Crippen LogP) is 0.642. The second kappa shape index (κ2) is 7.76. The minimum Gasteiger partial charge on any atom is -0.466 e. The molecular weight excluding hydrogens is 182 g/mol. The lowest BCUT2D eigenvalue weighted by molar-refractivity contribution is -0.143. The first kappa shape index (κ1) is 13.4. The highest BCUT2D eigenvalue weighted by molar-refractivity contribution is 5.69. The van der Waals surface area contributed by atoms with Gasteiger partial charge in [0.25, 0.3) is 0 Å². The fourth-order valence-electron chi connectivity index (χ4n) is 1.07. The van der Waals surface area contributed by atoms with Crippen LogP contribution >= 0.6 is 0 Å². The molecule has 14 heavy (non-hydrogen) atoms. The zero-order valence-electron chi connectivity index (χ0n) is 9.32. The summed E-state index contributed by atoms with van der Waals surface area (Å²) in [5.74, 6) is -0.141. The molecule has 0 fully saturated rings. The van der Waals surface area contributed by atoms with Crippen molar-refractivity contribution in [3.8, 4) is 0 Å². The molecule has 0 rings (SSSR count). The first-order chi connectivity index (χ1) is 6.61. The van der Waals surface area contributed by atoms with Crippen LogP contribution in [-0.4, -0.2) is 48.8 Å². The van der Waals surface area contributed by atoms with E-state index in [4.69, 9.17) is 9.84 Å². The molecule has 0 aromatic heterocycles. The van der Waals surface area contributed by atoms with Gasteiger partial charge in [-0.05, 0) is 33.9 Å². The first-order valence-corrected chi connectivity index (χ1v) is 5.08. The average molecular weight is 203 g/mol. The van der Waals surface area contributed by atoms with Crippen molar-refractivity contribution in [1.82, 2.24) is 4.90 Å². The Morgan fingerprint density at radius 1 is 1.57 bits per heavy atom. The minimum atomic E-state index is -0.141. The van der Waals surface area contributed by atoms with Crippen LogP contribution in [0.25, 0.3) is 0 Å². The summed E-state index contributed by atoms with van der Waals surface area (Å²) in [6.45, 7) is 5.15. The van der Waals surface area contributed by atoms with Crippen LogP contribution in [0.3, 0.4) is 0 Å². The molecule has 0 aliphatic heterocycles. The van der Waals surface area contributed by atoms with Gasteiger partial charge in [0.05, 0.1) is 13.2 Å². The van der Waals surface area contributed by atoms with Crippen LogP contribution in [-0.2, 0) is 9.53 Å². The third-order valence-corrected chi connectivity index (χ3v) is 2.21. The molecule has 0 heterocycles. The lowest BCUT2D eigenvalue weighted by atomic mass is 10.2. The third kappa shape index (κ3) is 5.94. The molecule has 1 atom stereocenters. The zero-order chi connectivity index (χ0) is 11.0. The highest BCUT2D eigenvalue weighted by Crippen LogP contribution is 1.99. The van der Waals surface area contributed by atoms with Crippen molar-refractivity contribution < 1.29 is 14.6 Å². The van der Waals surface area contributed by atoms with Crippen molar-refractivity contribution in [2.45, 2.75) is 32.7 Å². The van der Waals surface area contributed by atoms with E-state index in [1.54, 1.807) is 6.92 Å². The van der Waals surface area contributed by atoms with Gasteiger partial charge in [-0.1, -0.05) is 0 Å². The van der Waals surface area contributed by atoms with E-state index < -0.39 is 0 Å². The Bertz CT molecular complexity index is 161. The number of aliphatic hydroxyl groups is 1. The fraction of sp³-hybridized carbons (Fsp3) is 0.900. The summed E-state index contributed by atoms with van der Waals surface area (Å²) >= 11 is 0. The number of hydrogen-bond donors (Lipinski definition) is 1. The van der Waals surface area contributed by atoms with E-state index in [1.165, 1.54) is 0 Å². The lowest BCUT2D eigenvalue weighted by Gasteiger charge is -2.22. The number of carbonyl (C=O) groups is 1. The fourth-order valence-corrected chi connectivity index (χ4v) is 1.07. The maximum absolute atomic E-state index is 11.0. The van der Waals surface area contributed by atoms with Gasteiger partial charge >= 0.3 is 5.97 Å². The van der Waals surface area contributed by atoms with Crippen LogP contribution in [0.2, 0.25) is 0 Å². The number of carbonyl (C=O) groups excluding carboxylic acids is 1. The normalized spacial score (nSPS) is 12.9. The molecule has 0 spiro atoms. The summed E-state index contributed by atoms with van der Waals surface area (Å²) in [5, 5.41) is 8.86. The van der Waals surface area contributed by atoms with E-state index >= 15 is 0 Å². The zero-order valence-corrected chi connectivity index (χ0v) is 9.32. The van der Waals surface area contributed by atoms with Crippen LogP contribution in [0, 0.1) is 0 Å². The van der Waals surface area contributed by atoms with Gasteiger partial charge in [-0.3, -0.25) is 4.79 Å². The molecule has 0 radical (unpaired) electrons. The molecule has 1 unspecified atom stereocenters. The Morgan fingerprint density at radius 3 is 2.71 bits per heavy atom. The monoisotopic (exact) mass is 203 g/mol. The lowest BCUT2D eigenvalue weighted by Crippen LogP contribution is -2.33. The molecule has 0 aromatic rings. The molecular formula is C10H21NO3. The molecule has 0 amide bonds. The Balaban J connectivity index is 3.48. The molecule has 0 bridgehead atoms. The average Bonchev–Trinajstić information content (AvgIpc) is 2.16. The summed E-state index contributed by atoms with van der Waals surface area (Å²) in [6, 6.07) is 0.150. The summed E-state index contributed by atoms with van der Waals surface area (Å²) in [5.41, 5.74) is 0. The number of esters is 1. The van der Waals surface area contributed by atoms with Crippen molar-refractivity contribution in [3.05, 3.63) is 0 Å². The summed E-state index contributed by atoms with van der Waals surface area (Å²) in [7, 11) is 1.94. The second-order valence-corrected chi connectivity index (χ2v) is 3.42. The van der Waals surface area contributed by atoms with Crippen molar-refractivity contribution in [2.24, 2.45) is 0 Å². The number of nitrogens with zero attached hydrogens (tertiary/aromatic N) is 1. The number of likely N-dealkylation sites (N-methyl/N-ethyl adjacent to an activating group) is 1. The number of rotatable bonds is 7. The molecule has 0 saturated heterocycles. The van der Waals surface area contributed by atoms with Gasteiger partial charge in [0, 0.05) is 12.5 Å². The van der Waals surface area contributed by atoms with Gasteiger partial charge in [-0.15, -0.1) is 0 Å². The van der Waals surface area contributed by atoms with Crippen molar-refractivity contribution in [3.63, 3.8) is 0 Å². The van der Waals surface area contributed by atoms with E-state index in [1.807, 2.05) is 18.9 Å². The van der Waals surface area contributed by atoms with Crippen LogP contribution in [0.1, 0.15) is 26.7 Å². The standard InChI is InChI=1S/C10H21NO3/c1-4-14-10(13)6-5-7-11(3)9(2)8-12/h9,12H,4-8H2,1-3H3. The summed E-state index contributed by atoms with van der Waals surface area (Å²) in [6.07, 6.45) is 1.23. The quantitative estimate of drug-likeness (QED) is 0.617. The largest absolute Gasteiger partial charge is 0.466 e. The van der Waals surface area contributed by atoms with Gasteiger partial charge < -0.3 is 14.7 Å². The van der Waals surface area contributed by atoms with Crippen molar-refractivity contribution >= 4 is 5.97 Å². The van der Waals surface area contributed by atoms with E-state index in [-0.39, 0.29) is 18.6 Å². The first-order valence-electron chi connectivity index (χ1n) is 5.08. The van der Waals surface area contributed by atoms with Gasteiger partial charge in [-0.2, -0.15) is 0 Å². The highest BCUT2D eigenvalue weighted by Gasteiger charge is 2.08.